The Morgan fingerprint density at radius 2 is 2.30 bits per heavy atom. The summed E-state index contributed by atoms with van der Waals surface area (Å²) in [6.07, 6.45) is 5.66. The summed E-state index contributed by atoms with van der Waals surface area (Å²) >= 11 is 1.66. The van der Waals surface area contributed by atoms with Crippen LogP contribution in [0.2, 0.25) is 0 Å². The van der Waals surface area contributed by atoms with Crippen molar-refractivity contribution in [1.29, 1.82) is 0 Å². The molecule has 2 N–H and O–H groups in total. The van der Waals surface area contributed by atoms with Crippen LogP contribution in [0, 0.1) is 0 Å². The van der Waals surface area contributed by atoms with Gasteiger partial charge in [0.1, 0.15) is 5.75 Å². The molecule has 20 heavy (non-hydrogen) atoms. The highest BCUT2D eigenvalue weighted by molar-refractivity contribution is 7.98. The Balaban J connectivity index is 1.79. The molecule has 3 rings (SSSR count). The summed E-state index contributed by atoms with van der Waals surface area (Å²) in [4.78, 5) is 9.72. The van der Waals surface area contributed by atoms with Crippen molar-refractivity contribution in [2.45, 2.75) is 10.6 Å². The number of aromatic nitrogens is 3. The molecule has 5 nitrogen and oxygen atoms in total. The predicted octanol–water partition coefficient (Wildman–Crippen LogP) is 2.61. The molecule has 0 aliphatic carbocycles. The van der Waals surface area contributed by atoms with Gasteiger partial charge in [0.05, 0.1) is 12.8 Å². The Labute approximate surface area is 120 Å². The van der Waals surface area contributed by atoms with Crippen LogP contribution in [-0.4, -0.2) is 21.5 Å². The summed E-state index contributed by atoms with van der Waals surface area (Å²) in [6.45, 7) is 0. The zero-order valence-corrected chi connectivity index (χ0v) is 11.8. The van der Waals surface area contributed by atoms with Gasteiger partial charge >= 0.3 is 0 Å². The Kier molecular flexibility index (Phi) is 3.47. The molecule has 0 bridgehead atoms. The number of hydrogen-bond acceptors (Lipinski definition) is 5. The van der Waals surface area contributed by atoms with Gasteiger partial charge in [-0.25, -0.2) is 9.97 Å². The van der Waals surface area contributed by atoms with Crippen LogP contribution in [0.4, 0.5) is 5.69 Å². The number of fused-ring (bicyclic) bond motifs is 1. The van der Waals surface area contributed by atoms with Gasteiger partial charge in [0, 0.05) is 41.0 Å². The van der Waals surface area contributed by atoms with E-state index in [1.165, 1.54) is 0 Å². The number of nitrogens with zero attached hydrogens (tertiary/aromatic N) is 3. The van der Waals surface area contributed by atoms with Crippen molar-refractivity contribution >= 4 is 23.2 Å². The lowest BCUT2D eigenvalue weighted by molar-refractivity contribution is 0.405. The normalized spacial score (nSPS) is 10.8. The second-order valence-corrected chi connectivity index (χ2v) is 5.28. The van der Waals surface area contributed by atoms with E-state index in [1.54, 1.807) is 25.1 Å². The smallest absolute Gasteiger partial charge is 0.233 e. The first-order valence-electron chi connectivity index (χ1n) is 6.11. The average molecular weight is 286 g/mol. The number of anilines is 1. The molecule has 2 aromatic heterocycles. The molecule has 0 radical (unpaired) electrons. The maximum absolute atomic E-state index is 5.75. The number of thioether (sulfide) groups is 1. The number of imidazole rings is 1. The third-order valence-electron chi connectivity index (χ3n) is 2.85. The van der Waals surface area contributed by atoms with Crippen molar-refractivity contribution in [3.05, 3.63) is 48.5 Å². The lowest BCUT2D eigenvalue weighted by Gasteiger charge is -2.07. The van der Waals surface area contributed by atoms with Crippen LogP contribution in [0.1, 0.15) is 5.69 Å². The number of ether oxygens (including phenoxy) is 1. The minimum Gasteiger partial charge on any atom is -0.496 e. The van der Waals surface area contributed by atoms with Crippen LogP contribution >= 0.6 is 11.8 Å². The lowest BCUT2D eigenvalue weighted by atomic mass is 10.3. The number of methoxy groups -OCH3 is 1. The van der Waals surface area contributed by atoms with E-state index in [-0.39, 0.29) is 0 Å². The molecule has 3 aromatic rings. The third kappa shape index (κ3) is 2.55. The highest BCUT2D eigenvalue weighted by atomic mass is 32.2. The monoisotopic (exact) mass is 286 g/mol. The van der Waals surface area contributed by atoms with Crippen molar-refractivity contribution in [2.75, 3.05) is 12.8 Å². The largest absolute Gasteiger partial charge is 0.496 e. The summed E-state index contributed by atoms with van der Waals surface area (Å²) in [6, 6.07) is 7.55. The number of nitrogens with two attached hydrogens (primary N) is 1. The van der Waals surface area contributed by atoms with E-state index in [9.17, 15) is 0 Å². The lowest BCUT2D eigenvalue weighted by Crippen LogP contribution is -1.90. The van der Waals surface area contributed by atoms with Gasteiger partial charge < -0.3 is 10.5 Å². The summed E-state index contributed by atoms with van der Waals surface area (Å²) in [5.41, 5.74) is 7.42. The van der Waals surface area contributed by atoms with Crippen LogP contribution in [0.15, 0.2) is 47.8 Å². The van der Waals surface area contributed by atoms with Crippen molar-refractivity contribution in [3.63, 3.8) is 0 Å². The quantitative estimate of drug-likeness (QED) is 0.590. The predicted molar refractivity (Wildman–Crippen MR) is 80.0 cm³/mol. The number of nitrogen functional groups attached to an aromatic ring is 1. The molecule has 102 valence electrons. The Hall–Kier alpha value is -2.21. The minimum absolute atomic E-state index is 0.697. The number of hydrogen-bond donors (Lipinski definition) is 1. The number of rotatable bonds is 4. The first-order chi connectivity index (χ1) is 9.76. The van der Waals surface area contributed by atoms with Crippen molar-refractivity contribution in [2.24, 2.45) is 0 Å². The Morgan fingerprint density at radius 3 is 3.10 bits per heavy atom. The summed E-state index contributed by atoms with van der Waals surface area (Å²) in [5.74, 6) is 2.26. The molecule has 0 saturated carbocycles. The zero-order valence-electron chi connectivity index (χ0n) is 11.0. The average Bonchev–Trinajstić information content (AvgIpc) is 2.88. The van der Waals surface area contributed by atoms with Gasteiger partial charge in [0.15, 0.2) is 0 Å². The van der Waals surface area contributed by atoms with E-state index in [1.807, 2.05) is 41.1 Å². The Morgan fingerprint density at radius 1 is 1.40 bits per heavy atom. The van der Waals surface area contributed by atoms with Gasteiger partial charge in [-0.15, -0.1) is 11.8 Å². The van der Waals surface area contributed by atoms with Gasteiger partial charge in [0.2, 0.25) is 5.78 Å². The Bertz CT molecular complexity index is 708. The van der Waals surface area contributed by atoms with E-state index in [0.29, 0.717) is 11.5 Å². The van der Waals surface area contributed by atoms with Gasteiger partial charge in [-0.05, 0) is 18.2 Å². The molecule has 0 fully saturated rings. The summed E-state index contributed by atoms with van der Waals surface area (Å²) < 4.78 is 7.25. The van der Waals surface area contributed by atoms with E-state index in [4.69, 9.17) is 10.5 Å². The molecule has 2 heterocycles. The van der Waals surface area contributed by atoms with Gasteiger partial charge in [-0.2, -0.15) is 0 Å². The highest BCUT2D eigenvalue weighted by Crippen LogP contribution is 2.32. The van der Waals surface area contributed by atoms with Crippen molar-refractivity contribution < 1.29 is 4.74 Å². The first-order valence-corrected chi connectivity index (χ1v) is 7.10. The van der Waals surface area contributed by atoms with Crippen LogP contribution in [0.5, 0.6) is 5.75 Å². The molecular weight excluding hydrogens is 272 g/mol. The standard InChI is InChI=1S/C14H14N4OS/c1-19-12-7-10(15)3-4-13(12)20-9-11-8-18-6-2-5-16-14(18)17-11/h2-8H,9,15H2,1H3. The van der Waals surface area contributed by atoms with Gasteiger partial charge in [0.25, 0.3) is 0 Å². The molecule has 0 unspecified atom stereocenters. The molecule has 0 aliphatic rings. The summed E-state index contributed by atoms with van der Waals surface area (Å²) in [5, 5.41) is 0. The SMILES string of the molecule is COc1cc(N)ccc1SCc1cn2cccnc2n1. The molecule has 1 aromatic carbocycles. The molecule has 6 heteroatoms. The second kappa shape index (κ2) is 5.42. The van der Waals surface area contributed by atoms with Crippen LogP contribution in [0.25, 0.3) is 5.78 Å². The van der Waals surface area contributed by atoms with Gasteiger partial charge in [-0.1, -0.05) is 0 Å². The fraction of sp³-hybridized carbons (Fsp3) is 0.143. The van der Waals surface area contributed by atoms with E-state index >= 15 is 0 Å². The second-order valence-electron chi connectivity index (χ2n) is 4.26. The molecular formula is C14H14N4OS. The van der Waals surface area contributed by atoms with Crippen molar-refractivity contribution in [3.8, 4) is 5.75 Å². The summed E-state index contributed by atoms with van der Waals surface area (Å²) in [7, 11) is 1.65. The maximum Gasteiger partial charge on any atom is 0.233 e. The number of benzene rings is 1. The van der Waals surface area contributed by atoms with Gasteiger partial charge in [-0.3, -0.25) is 4.40 Å². The maximum atomic E-state index is 5.75. The fourth-order valence-corrected chi connectivity index (χ4v) is 2.80. The minimum atomic E-state index is 0.697. The van der Waals surface area contributed by atoms with E-state index < -0.39 is 0 Å². The fourth-order valence-electron chi connectivity index (χ4n) is 1.90. The van der Waals surface area contributed by atoms with Crippen LogP contribution < -0.4 is 10.5 Å². The van der Waals surface area contributed by atoms with Crippen LogP contribution in [-0.2, 0) is 5.75 Å². The molecule has 0 atom stereocenters. The van der Waals surface area contributed by atoms with E-state index in [2.05, 4.69) is 9.97 Å². The zero-order chi connectivity index (χ0) is 13.9. The van der Waals surface area contributed by atoms with E-state index in [0.717, 1.165) is 22.1 Å². The molecule has 0 saturated heterocycles. The topological polar surface area (TPSA) is 65.4 Å². The van der Waals surface area contributed by atoms with Crippen LogP contribution in [0.3, 0.4) is 0 Å². The van der Waals surface area contributed by atoms with Crippen molar-refractivity contribution in [1.82, 2.24) is 14.4 Å². The molecule has 0 amide bonds. The highest BCUT2D eigenvalue weighted by Gasteiger charge is 2.07. The third-order valence-corrected chi connectivity index (χ3v) is 3.94. The molecule has 0 spiro atoms. The first kappa shape index (κ1) is 12.8. The molecule has 0 aliphatic heterocycles.